The van der Waals surface area contributed by atoms with Crippen molar-refractivity contribution in [1.82, 2.24) is 14.1 Å². The Morgan fingerprint density at radius 3 is 2.61 bits per heavy atom. The minimum atomic E-state index is -5.07. The van der Waals surface area contributed by atoms with E-state index >= 15 is 0 Å². The van der Waals surface area contributed by atoms with E-state index in [1.807, 2.05) is 6.92 Å². The Morgan fingerprint density at radius 2 is 2.04 bits per heavy atom. The van der Waals surface area contributed by atoms with Crippen LogP contribution in [-0.2, 0) is 6.54 Å². The number of Topliss-reactive ketones (excluding diaryl/α,β-unsaturated/α-hetero) is 1. The van der Waals surface area contributed by atoms with Crippen molar-refractivity contribution in [3.05, 3.63) is 36.0 Å². The summed E-state index contributed by atoms with van der Waals surface area (Å²) in [5.41, 5.74) is -1.08. The van der Waals surface area contributed by atoms with Crippen LogP contribution in [0.1, 0.15) is 40.7 Å². The van der Waals surface area contributed by atoms with Gasteiger partial charge in [0.2, 0.25) is 0 Å². The molecule has 2 aromatic heterocycles. The summed E-state index contributed by atoms with van der Waals surface area (Å²) < 4.78 is 40.0. The molecule has 0 aliphatic heterocycles. The fraction of sp³-hybridized carbons (Fsp3) is 0.357. The molecule has 0 saturated heterocycles. The van der Waals surface area contributed by atoms with Gasteiger partial charge in [-0.2, -0.15) is 13.2 Å². The van der Waals surface area contributed by atoms with Gasteiger partial charge in [-0.15, -0.1) is 0 Å². The molecule has 0 unspecified atom stereocenters. The van der Waals surface area contributed by atoms with E-state index in [9.17, 15) is 27.9 Å². The summed E-state index contributed by atoms with van der Waals surface area (Å²) in [7, 11) is 0. The van der Waals surface area contributed by atoms with E-state index in [0.717, 1.165) is 23.3 Å². The molecule has 0 atom stereocenters. The number of rotatable bonds is 6. The molecule has 23 heavy (non-hydrogen) atoms. The van der Waals surface area contributed by atoms with Crippen LogP contribution in [-0.4, -0.2) is 32.0 Å². The van der Waals surface area contributed by atoms with Crippen molar-refractivity contribution in [2.45, 2.75) is 32.5 Å². The minimum absolute atomic E-state index is 0.279. The lowest BCUT2D eigenvalue weighted by Crippen LogP contribution is -2.29. The Hall–Kier alpha value is -2.58. The molecule has 9 heteroatoms. The molecule has 0 fully saturated rings. The third-order valence-electron chi connectivity index (χ3n) is 3.23. The minimum Gasteiger partial charge on any atom is -0.543 e. The van der Waals surface area contributed by atoms with Crippen LogP contribution >= 0.6 is 0 Å². The lowest BCUT2D eigenvalue weighted by molar-refractivity contribution is -0.255. The maximum absolute atomic E-state index is 12.6. The number of nitrogens with zero attached hydrogens (tertiary/aromatic N) is 3. The van der Waals surface area contributed by atoms with E-state index in [2.05, 4.69) is 4.98 Å². The van der Waals surface area contributed by atoms with Crippen molar-refractivity contribution in [1.29, 1.82) is 0 Å². The van der Waals surface area contributed by atoms with Crippen LogP contribution in [0.5, 0.6) is 0 Å². The van der Waals surface area contributed by atoms with Gasteiger partial charge in [-0.05, 0) is 18.6 Å². The second-order valence-corrected chi connectivity index (χ2v) is 4.84. The summed E-state index contributed by atoms with van der Waals surface area (Å²) in [6.45, 7) is 2.24. The molecule has 6 nitrogen and oxygen atoms in total. The summed E-state index contributed by atoms with van der Waals surface area (Å²) in [6, 6.07) is 2.17. The molecule has 2 aromatic rings. The first-order valence-electron chi connectivity index (χ1n) is 6.83. The number of carboxylic acids is 1. The first kappa shape index (κ1) is 16.8. The Labute approximate surface area is 129 Å². The van der Waals surface area contributed by atoms with Gasteiger partial charge in [0.1, 0.15) is 5.69 Å². The number of hydrogen-bond donors (Lipinski definition) is 0. The smallest absolute Gasteiger partial charge is 0.456 e. The van der Waals surface area contributed by atoms with Crippen molar-refractivity contribution in [2.24, 2.45) is 0 Å². The van der Waals surface area contributed by atoms with E-state index in [1.165, 1.54) is 17.0 Å². The molecule has 2 rings (SSSR count). The monoisotopic (exact) mass is 328 g/mol. The van der Waals surface area contributed by atoms with Crippen molar-refractivity contribution in [3.63, 3.8) is 0 Å². The molecule has 0 aliphatic rings. The molecule has 2 heterocycles. The molecule has 124 valence electrons. The maximum Gasteiger partial charge on any atom is 0.456 e. The Balaban J connectivity index is 2.52. The molecule has 0 amide bonds. The number of carbonyl (C=O) groups is 2. The van der Waals surface area contributed by atoms with Gasteiger partial charge in [0.15, 0.2) is 5.82 Å². The first-order valence-corrected chi connectivity index (χ1v) is 6.83. The molecular formula is C14H13F3N3O3-. The molecule has 0 bridgehead atoms. The van der Waals surface area contributed by atoms with Crippen LogP contribution in [0.4, 0.5) is 13.2 Å². The van der Waals surface area contributed by atoms with Gasteiger partial charge < -0.3 is 14.5 Å². The number of aryl methyl sites for hydroxylation is 1. The van der Waals surface area contributed by atoms with Gasteiger partial charge in [0.25, 0.3) is 5.78 Å². The quantitative estimate of drug-likeness (QED) is 0.754. The predicted molar refractivity (Wildman–Crippen MR) is 71.2 cm³/mol. The fourth-order valence-electron chi connectivity index (χ4n) is 2.15. The molecule has 0 N–H and O–H groups in total. The van der Waals surface area contributed by atoms with E-state index < -0.39 is 23.6 Å². The number of hydrogen-bond acceptors (Lipinski definition) is 4. The van der Waals surface area contributed by atoms with Crippen molar-refractivity contribution < 1.29 is 27.9 Å². The highest BCUT2D eigenvalue weighted by molar-refractivity contribution is 6.00. The van der Waals surface area contributed by atoms with Crippen molar-refractivity contribution in [3.8, 4) is 5.82 Å². The molecule has 0 saturated carbocycles. The fourth-order valence-corrected chi connectivity index (χ4v) is 2.15. The third kappa shape index (κ3) is 3.27. The second-order valence-electron chi connectivity index (χ2n) is 4.84. The van der Waals surface area contributed by atoms with Gasteiger partial charge in [0, 0.05) is 12.7 Å². The largest absolute Gasteiger partial charge is 0.543 e. The number of aromatic nitrogens is 3. The van der Waals surface area contributed by atoms with Crippen LogP contribution < -0.4 is 5.11 Å². The normalized spacial score (nSPS) is 11.7. The highest BCUT2D eigenvalue weighted by Gasteiger charge is 2.41. The molecule has 0 spiro atoms. The average molecular weight is 328 g/mol. The zero-order chi connectivity index (χ0) is 17.2. The van der Waals surface area contributed by atoms with E-state index in [0.29, 0.717) is 13.0 Å². The summed E-state index contributed by atoms with van der Waals surface area (Å²) in [4.78, 5) is 26.6. The van der Waals surface area contributed by atoms with Crippen molar-refractivity contribution in [2.75, 3.05) is 0 Å². The number of carboxylic acid groups (broad SMARTS) is 1. The highest BCUT2D eigenvalue weighted by Crippen LogP contribution is 2.24. The van der Waals surface area contributed by atoms with Crippen LogP contribution in [0.3, 0.4) is 0 Å². The number of imidazole rings is 1. The number of aromatic carboxylic acids is 1. The Bertz CT molecular complexity index is 731. The summed E-state index contributed by atoms with van der Waals surface area (Å²) in [6.07, 6.45) is -1.25. The third-order valence-corrected chi connectivity index (χ3v) is 3.23. The number of carbonyl (C=O) groups excluding carboxylic acids is 2. The van der Waals surface area contributed by atoms with Crippen LogP contribution in [0, 0.1) is 0 Å². The van der Waals surface area contributed by atoms with E-state index in [1.54, 1.807) is 0 Å². The summed E-state index contributed by atoms with van der Waals surface area (Å²) in [5, 5.41) is 11.3. The van der Waals surface area contributed by atoms with Crippen molar-refractivity contribution >= 4 is 11.8 Å². The van der Waals surface area contributed by atoms with Crippen LogP contribution in [0.2, 0.25) is 0 Å². The zero-order valence-corrected chi connectivity index (χ0v) is 12.1. The van der Waals surface area contributed by atoms with Gasteiger partial charge in [0.05, 0.1) is 18.0 Å². The molecule has 0 aromatic carbocycles. The number of ketones is 1. The predicted octanol–water partition coefficient (Wildman–Crippen LogP) is 1.58. The number of unbranched alkanes of at least 4 members (excludes halogenated alkanes) is 1. The number of halogens is 3. The molecule has 0 radical (unpaired) electrons. The average Bonchev–Trinajstić information content (AvgIpc) is 3.08. The standard InChI is InChI=1S/C14H14F3N3O3/c1-2-3-6-19-8-18-12(10(19)13(22)23)20-7-4-5-9(20)11(21)14(15,16)17/h4-5,7-8H,2-3,6H2,1H3,(H,22,23)/p-1. The maximum atomic E-state index is 12.6. The lowest BCUT2D eigenvalue weighted by atomic mass is 10.2. The Morgan fingerprint density at radius 1 is 1.35 bits per heavy atom. The highest BCUT2D eigenvalue weighted by atomic mass is 19.4. The second kappa shape index (κ2) is 6.27. The number of alkyl halides is 3. The topological polar surface area (TPSA) is 80.0 Å². The first-order chi connectivity index (χ1) is 10.8. The van der Waals surface area contributed by atoms with Gasteiger partial charge in [-0.3, -0.25) is 9.36 Å². The summed E-state index contributed by atoms with van der Waals surface area (Å²) >= 11 is 0. The summed E-state index contributed by atoms with van der Waals surface area (Å²) in [5.74, 6) is -3.93. The molecule has 0 aliphatic carbocycles. The van der Waals surface area contributed by atoms with E-state index in [4.69, 9.17) is 0 Å². The van der Waals surface area contributed by atoms with Gasteiger partial charge >= 0.3 is 6.18 Å². The van der Waals surface area contributed by atoms with Gasteiger partial charge in [-0.25, -0.2) is 4.98 Å². The lowest BCUT2D eigenvalue weighted by Gasteiger charge is -2.13. The van der Waals surface area contributed by atoms with Gasteiger partial charge in [-0.1, -0.05) is 13.3 Å². The Kier molecular flexibility index (Phi) is 4.57. The molecular weight excluding hydrogens is 315 g/mol. The van der Waals surface area contributed by atoms with Crippen LogP contribution in [0.25, 0.3) is 5.82 Å². The zero-order valence-electron chi connectivity index (χ0n) is 12.1. The SMILES string of the molecule is CCCCn1cnc(-n2cccc2C(=O)C(F)(F)F)c1C(=O)[O-]. The van der Waals surface area contributed by atoms with E-state index in [-0.39, 0.29) is 11.5 Å². The van der Waals surface area contributed by atoms with Crippen LogP contribution in [0.15, 0.2) is 24.7 Å².